The molecule has 2 nitrogen and oxygen atoms in total. The molecule has 4 heavy (non-hydrogen) atoms. The predicted octanol–water partition coefficient (Wildman–Crippen LogP) is -0.947. The van der Waals surface area contributed by atoms with Crippen LogP contribution in [-0.2, 0) is 19.5 Å². The van der Waals surface area contributed by atoms with E-state index in [1.54, 1.807) is 0 Å². The first kappa shape index (κ1) is 17.7. The third-order valence-corrected chi connectivity index (χ3v) is 0. The zero-order chi connectivity index (χ0) is 2.00. The molecule has 0 bridgehead atoms. The Morgan fingerprint density at radius 1 is 1.25 bits per heavy atom. The molecule has 1 N–H and O–H groups in total. The van der Waals surface area contributed by atoms with Crippen molar-refractivity contribution in [3.63, 3.8) is 0 Å². The van der Waals surface area contributed by atoms with Gasteiger partial charge in [-0.2, -0.15) is 0 Å². The van der Waals surface area contributed by atoms with Crippen LogP contribution in [0.2, 0.25) is 0 Å². The first-order valence-electron chi connectivity index (χ1n) is 0.136. The maximum atomic E-state index is 7.94. The Kier molecular flexibility index (Phi) is 107. The Hall–Kier alpha value is 1.53. The molecule has 0 radical (unpaired) electrons. The van der Waals surface area contributed by atoms with Crippen molar-refractivity contribution in [3.8, 4) is 0 Å². The van der Waals surface area contributed by atoms with E-state index >= 15 is 0 Å². The fraction of sp³-hybridized carbons (Fsp3) is 0. The first-order valence-corrected chi connectivity index (χ1v) is 0.561. The molecule has 0 aromatic rings. The van der Waals surface area contributed by atoms with E-state index in [4.69, 9.17) is 3.87 Å². The van der Waals surface area contributed by atoms with Crippen molar-refractivity contribution in [2.45, 2.75) is 0 Å². The summed E-state index contributed by atoms with van der Waals surface area (Å²) in [5.74, 6) is 0. The fourth-order valence-corrected chi connectivity index (χ4v) is 0. The van der Waals surface area contributed by atoms with Crippen molar-refractivity contribution in [2.24, 2.45) is 0 Å². The molecule has 0 fully saturated rings. The van der Waals surface area contributed by atoms with Gasteiger partial charge in [0.2, 0.25) is 0 Å². The van der Waals surface area contributed by atoms with Crippen LogP contribution in [0.3, 0.4) is 0 Å². The van der Waals surface area contributed by atoms with Crippen molar-refractivity contribution >= 4 is 37.7 Å². The van der Waals surface area contributed by atoms with Crippen LogP contribution in [0, 0.1) is 0 Å². The minimum atomic E-state index is 0. The van der Waals surface area contributed by atoms with Crippen LogP contribution in [0.1, 0.15) is 0 Å². The molecule has 0 spiro atoms. The summed E-state index contributed by atoms with van der Waals surface area (Å²) in [6, 6.07) is 0. The van der Waals surface area contributed by atoms with Gasteiger partial charge in [0, 0.05) is 0 Å². The van der Waals surface area contributed by atoms with Crippen molar-refractivity contribution in [1.29, 1.82) is 0 Å². The Morgan fingerprint density at radius 3 is 1.25 bits per heavy atom. The summed E-state index contributed by atoms with van der Waals surface area (Å²) in [5.41, 5.74) is 0. The molecule has 0 aromatic carbocycles. The first-order chi connectivity index (χ1) is 1.00. The van der Waals surface area contributed by atoms with E-state index < -0.39 is 0 Å². The normalized spacial score (nSPS) is 1.25. The van der Waals surface area contributed by atoms with Crippen LogP contribution in [0.15, 0.2) is 0 Å². The Balaban J connectivity index is -0.00000000500. The Labute approximate surface area is 62.0 Å². The average Bonchev–Trinajstić information content (AvgIpc) is 1.00. The topological polar surface area (TPSA) is 47.1 Å². The zero-order valence-corrected chi connectivity index (χ0v) is 6.35. The van der Waals surface area contributed by atoms with Gasteiger partial charge in [-0.25, -0.2) is 0 Å². The van der Waals surface area contributed by atoms with E-state index in [0.717, 1.165) is 0 Å². The number of hydrogen-bond acceptors (Lipinski definition) is 2. The van der Waals surface area contributed by atoms with Gasteiger partial charge in [-0.15, -0.1) is 0 Å². The third kappa shape index (κ3) is 9.66. The molecule has 0 saturated heterocycles. The molecule has 0 unspecified atom stereocenters. The Bertz CT molecular complexity index is 6.00. The third-order valence-electron chi connectivity index (χ3n) is 0. The molecule has 0 saturated carbocycles. The predicted molar refractivity (Wildman–Crippen MR) is 9.77 cm³/mol. The van der Waals surface area contributed by atoms with E-state index in [0.29, 0.717) is 0 Å². The summed E-state index contributed by atoms with van der Waals surface area (Å²) in [7, 11) is 0. The summed E-state index contributed by atoms with van der Waals surface area (Å²) >= 11 is 2.31. The standard InChI is InChI=1S/Ca.Co.H2O.O.H/h;;1H2;;/q+1;;;;/p-1. The molecular formula is H2CaCoO2. The van der Waals surface area contributed by atoms with Crippen molar-refractivity contribution in [1.82, 2.24) is 0 Å². The van der Waals surface area contributed by atoms with Crippen LogP contribution in [-0.4, -0.2) is 43.2 Å². The molecule has 0 aromatic heterocycles. The van der Waals surface area contributed by atoms with E-state index in [2.05, 4.69) is 15.7 Å². The molecule has 0 aliphatic heterocycles. The molecule has 25 valence electrons. The van der Waals surface area contributed by atoms with E-state index in [-0.39, 0.29) is 43.2 Å². The van der Waals surface area contributed by atoms with Gasteiger partial charge in [-0.05, 0) is 0 Å². The van der Waals surface area contributed by atoms with Crippen LogP contribution < -0.4 is 0 Å². The van der Waals surface area contributed by atoms with Gasteiger partial charge in [0.25, 0.3) is 0 Å². The average molecular weight is 133 g/mol. The Morgan fingerprint density at radius 2 is 1.25 bits per heavy atom. The monoisotopic (exact) mass is 133 g/mol. The van der Waals surface area contributed by atoms with Crippen molar-refractivity contribution in [2.75, 3.05) is 0 Å². The second-order valence-corrected chi connectivity index (χ2v) is 0. The molecule has 4 heteroatoms. The fourth-order valence-electron chi connectivity index (χ4n) is 0. The zero-order valence-electron chi connectivity index (χ0n) is 2.19. The molecule has 0 heterocycles. The van der Waals surface area contributed by atoms with E-state index in [1.165, 1.54) is 0 Å². The summed E-state index contributed by atoms with van der Waals surface area (Å²) in [6.07, 6.45) is 0. The van der Waals surface area contributed by atoms with Crippen LogP contribution >= 0.6 is 0 Å². The van der Waals surface area contributed by atoms with Gasteiger partial charge >= 0.3 is 57.3 Å². The quantitative estimate of drug-likeness (QED) is 0.400. The molecule has 0 amide bonds. The SMILES string of the molecule is [CaH+].[OH-].[O]=[Co]. The second kappa shape index (κ2) is 24.2. The summed E-state index contributed by atoms with van der Waals surface area (Å²) in [5, 5.41) is 0. The van der Waals surface area contributed by atoms with Gasteiger partial charge in [0.1, 0.15) is 0 Å². The number of rotatable bonds is 0. The van der Waals surface area contributed by atoms with Crippen LogP contribution in [0.25, 0.3) is 0 Å². The summed E-state index contributed by atoms with van der Waals surface area (Å²) < 4.78 is 7.94. The van der Waals surface area contributed by atoms with Gasteiger partial charge < -0.3 is 5.48 Å². The maximum absolute atomic E-state index is 7.94. The molecule has 0 aliphatic rings. The van der Waals surface area contributed by atoms with Gasteiger partial charge in [-0.1, -0.05) is 0 Å². The molecule has 0 aliphatic carbocycles. The van der Waals surface area contributed by atoms with Crippen LogP contribution in [0.4, 0.5) is 0 Å². The van der Waals surface area contributed by atoms with E-state index in [9.17, 15) is 0 Å². The van der Waals surface area contributed by atoms with E-state index in [1.807, 2.05) is 0 Å². The summed E-state index contributed by atoms with van der Waals surface area (Å²) in [4.78, 5) is 0. The molecule has 0 rings (SSSR count). The summed E-state index contributed by atoms with van der Waals surface area (Å²) in [6.45, 7) is 0. The van der Waals surface area contributed by atoms with Crippen LogP contribution in [0.5, 0.6) is 0 Å². The van der Waals surface area contributed by atoms with Gasteiger partial charge in [0.15, 0.2) is 0 Å². The second-order valence-electron chi connectivity index (χ2n) is 0. The van der Waals surface area contributed by atoms with Crippen molar-refractivity contribution < 1.29 is 25.0 Å². The molecular weight excluding hydrogens is 131 g/mol. The minimum absolute atomic E-state index is 0. The molecule has 0 atom stereocenters. The van der Waals surface area contributed by atoms with Crippen molar-refractivity contribution in [3.05, 3.63) is 0 Å². The number of hydrogen-bond donors (Lipinski definition) is 0. The van der Waals surface area contributed by atoms with Gasteiger partial charge in [-0.3, -0.25) is 0 Å². The van der Waals surface area contributed by atoms with Gasteiger partial charge in [0.05, 0.1) is 0 Å².